The molecule has 0 saturated carbocycles. The van der Waals surface area contributed by atoms with Gasteiger partial charge < -0.3 is 5.32 Å². The van der Waals surface area contributed by atoms with Crippen LogP contribution in [0.25, 0.3) is 0 Å². The van der Waals surface area contributed by atoms with Crippen LogP contribution in [0.1, 0.15) is 48.1 Å². The van der Waals surface area contributed by atoms with Gasteiger partial charge in [-0.3, -0.25) is 0 Å². The number of nitrogens with one attached hydrogen (secondary N) is 1. The van der Waals surface area contributed by atoms with Crippen LogP contribution in [0.3, 0.4) is 0 Å². The molecule has 1 N–H and O–H groups in total. The molecule has 0 heterocycles. The van der Waals surface area contributed by atoms with Crippen molar-refractivity contribution in [3.8, 4) is 0 Å². The van der Waals surface area contributed by atoms with Gasteiger partial charge in [0.15, 0.2) is 0 Å². The number of aryl methyl sites for hydroxylation is 3. The Morgan fingerprint density at radius 2 is 1.63 bits per heavy atom. The largest absolute Gasteiger partial charge is 0.389 e. The van der Waals surface area contributed by atoms with Crippen LogP contribution >= 0.6 is 0 Å². The quantitative estimate of drug-likeness (QED) is 0.826. The Kier molecular flexibility index (Phi) is 5.41. The zero-order valence-corrected chi connectivity index (χ0v) is 12.0. The van der Waals surface area contributed by atoms with Crippen molar-refractivity contribution in [1.82, 2.24) is 5.32 Å². The third-order valence-corrected chi connectivity index (χ3v) is 3.42. The number of rotatable bonds is 5. The van der Waals surface area contributed by atoms with E-state index >= 15 is 0 Å². The second kappa shape index (κ2) is 6.42. The van der Waals surface area contributed by atoms with E-state index in [0.29, 0.717) is 6.54 Å². The van der Waals surface area contributed by atoms with E-state index in [9.17, 15) is 13.2 Å². The second-order valence-corrected chi connectivity index (χ2v) is 5.06. The summed E-state index contributed by atoms with van der Waals surface area (Å²) in [4.78, 5) is 0. The molecule has 1 aromatic carbocycles. The van der Waals surface area contributed by atoms with Gasteiger partial charge in [-0.15, -0.1) is 0 Å². The number of hydrogen-bond donors (Lipinski definition) is 1. The first kappa shape index (κ1) is 16.0. The average molecular weight is 273 g/mol. The Balaban J connectivity index is 2.95. The number of halogens is 3. The average Bonchev–Trinajstić information content (AvgIpc) is 2.28. The molecule has 19 heavy (non-hydrogen) atoms. The van der Waals surface area contributed by atoms with Crippen LogP contribution in [-0.4, -0.2) is 12.7 Å². The molecule has 1 unspecified atom stereocenters. The molecule has 0 bridgehead atoms. The molecule has 1 nitrogen and oxygen atoms in total. The zero-order valence-electron chi connectivity index (χ0n) is 12.0. The van der Waals surface area contributed by atoms with Crippen molar-refractivity contribution in [3.05, 3.63) is 34.4 Å². The smallest absolute Gasteiger partial charge is 0.310 e. The summed E-state index contributed by atoms with van der Waals surface area (Å²) in [5.74, 6) is 0. The summed E-state index contributed by atoms with van der Waals surface area (Å²) in [6, 6.07) is 3.82. The van der Waals surface area contributed by atoms with E-state index in [1.165, 1.54) is 5.56 Å². The molecule has 0 aliphatic rings. The van der Waals surface area contributed by atoms with Gasteiger partial charge in [-0.25, -0.2) is 0 Å². The van der Waals surface area contributed by atoms with Gasteiger partial charge in [0.1, 0.15) is 0 Å². The Labute approximate surface area is 113 Å². The van der Waals surface area contributed by atoms with Gasteiger partial charge in [-0.2, -0.15) is 13.2 Å². The van der Waals surface area contributed by atoms with Crippen molar-refractivity contribution in [2.45, 2.75) is 52.8 Å². The lowest BCUT2D eigenvalue weighted by Crippen LogP contribution is -2.24. The molecular formula is C15H22F3N. The maximum atomic E-state index is 12.4. The van der Waals surface area contributed by atoms with E-state index < -0.39 is 12.6 Å². The van der Waals surface area contributed by atoms with Gasteiger partial charge >= 0.3 is 6.18 Å². The molecule has 1 aromatic rings. The Hall–Kier alpha value is -1.03. The van der Waals surface area contributed by atoms with Crippen LogP contribution in [0.4, 0.5) is 13.2 Å². The van der Waals surface area contributed by atoms with Gasteiger partial charge in [-0.1, -0.05) is 19.1 Å². The summed E-state index contributed by atoms with van der Waals surface area (Å²) >= 11 is 0. The van der Waals surface area contributed by atoms with Gasteiger partial charge in [-0.05, 0) is 56.0 Å². The summed E-state index contributed by atoms with van der Waals surface area (Å²) in [7, 11) is 0. The van der Waals surface area contributed by atoms with Crippen molar-refractivity contribution in [2.75, 3.05) is 6.54 Å². The Bertz CT molecular complexity index is 424. The number of alkyl halides is 3. The van der Waals surface area contributed by atoms with E-state index in [-0.39, 0.29) is 12.5 Å². The van der Waals surface area contributed by atoms with Crippen LogP contribution in [0.15, 0.2) is 12.1 Å². The van der Waals surface area contributed by atoms with Crippen LogP contribution in [0.5, 0.6) is 0 Å². The SMILES string of the molecule is CCNC(CCC(F)(F)F)c1cc(C)c(C)cc1C. The molecule has 0 spiro atoms. The van der Waals surface area contributed by atoms with E-state index in [1.807, 2.05) is 39.8 Å². The summed E-state index contributed by atoms with van der Waals surface area (Å²) in [6.45, 7) is 8.54. The van der Waals surface area contributed by atoms with Crippen molar-refractivity contribution < 1.29 is 13.2 Å². The molecule has 1 atom stereocenters. The monoisotopic (exact) mass is 273 g/mol. The second-order valence-electron chi connectivity index (χ2n) is 5.06. The molecule has 0 aliphatic carbocycles. The predicted octanol–water partition coefficient (Wildman–Crippen LogP) is 4.60. The zero-order chi connectivity index (χ0) is 14.6. The van der Waals surface area contributed by atoms with E-state index in [0.717, 1.165) is 16.7 Å². The van der Waals surface area contributed by atoms with Gasteiger partial charge in [0.05, 0.1) is 0 Å². The fraction of sp³-hybridized carbons (Fsp3) is 0.600. The Morgan fingerprint density at radius 3 is 2.16 bits per heavy atom. The van der Waals surface area contributed by atoms with E-state index in [1.54, 1.807) is 0 Å². The first-order valence-corrected chi connectivity index (χ1v) is 6.62. The van der Waals surface area contributed by atoms with E-state index in [2.05, 4.69) is 5.32 Å². The summed E-state index contributed by atoms with van der Waals surface area (Å²) in [5.41, 5.74) is 4.33. The van der Waals surface area contributed by atoms with Crippen molar-refractivity contribution in [2.24, 2.45) is 0 Å². The lowest BCUT2D eigenvalue weighted by Gasteiger charge is -2.22. The fourth-order valence-corrected chi connectivity index (χ4v) is 2.28. The summed E-state index contributed by atoms with van der Waals surface area (Å²) in [6.07, 6.45) is -4.76. The molecular weight excluding hydrogens is 251 g/mol. The molecule has 0 saturated heterocycles. The van der Waals surface area contributed by atoms with Crippen molar-refractivity contribution >= 4 is 0 Å². The van der Waals surface area contributed by atoms with Crippen molar-refractivity contribution in [1.29, 1.82) is 0 Å². The lowest BCUT2D eigenvalue weighted by molar-refractivity contribution is -0.136. The summed E-state index contributed by atoms with van der Waals surface area (Å²) < 4.78 is 37.2. The molecule has 0 aromatic heterocycles. The highest BCUT2D eigenvalue weighted by Gasteiger charge is 2.29. The minimum atomic E-state index is -4.10. The molecule has 108 valence electrons. The third kappa shape index (κ3) is 4.86. The highest BCUT2D eigenvalue weighted by atomic mass is 19.4. The molecule has 0 radical (unpaired) electrons. The topological polar surface area (TPSA) is 12.0 Å². The fourth-order valence-electron chi connectivity index (χ4n) is 2.28. The minimum absolute atomic E-state index is 0.0840. The molecule has 1 rings (SSSR count). The molecule has 0 fully saturated rings. The molecule has 0 aliphatic heterocycles. The van der Waals surface area contributed by atoms with Crippen LogP contribution in [0, 0.1) is 20.8 Å². The van der Waals surface area contributed by atoms with Gasteiger partial charge in [0, 0.05) is 12.5 Å². The normalized spacial score (nSPS) is 13.6. The number of hydrogen-bond acceptors (Lipinski definition) is 1. The number of benzene rings is 1. The van der Waals surface area contributed by atoms with Gasteiger partial charge in [0.25, 0.3) is 0 Å². The van der Waals surface area contributed by atoms with Crippen LogP contribution < -0.4 is 5.32 Å². The standard InChI is InChI=1S/C15H22F3N/c1-5-19-14(6-7-15(16,17)18)13-9-11(3)10(2)8-12(13)4/h8-9,14,19H,5-7H2,1-4H3. The maximum Gasteiger partial charge on any atom is 0.389 e. The predicted molar refractivity (Wildman–Crippen MR) is 72.4 cm³/mol. The molecule has 4 heteroatoms. The van der Waals surface area contributed by atoms with Crippen LogP contribution in [-0.2, 0) is 0 Å². The highest BCUT2D eigenvalue weighted by Crippen LogP contribution is 2.30. The summed E-state index contributed by atoms with van der Waals surface area (Å²) in [5, 5.41) is 3.16. The van der Waals surface area contributed by atoms with Crippen molar-refractivity contribution in [3.63, 3.8) is 0 Å². The lowest BCUT2D eigenvalue weighted by atomic mass is 9.93. The molecule has 0 amide bonds. The van der Waals surface area contributed by atoms with E-state index in [4.69, 9.17) is 0 Å². The van der Waals surface area contributed by atoms with Gasteiger partial charge in [0.2, 0.25) is 0 Å². The minimum Gasteiger partial charge on any atom is -0.310 e. The first-order chi connectivity index (χ1) is 8.74. The highest BCUT2D eigenvalue weighted by molar-refractivity contribution is 5.38. The maximum absolute atomic E-state index is 12.4. The third-order valence-electron chi connectivity index (χ3n) is 3.42. The first-order valence-electron chi connectivity index (χ1n) is 6.62. The van der Waals surface area contributed by atoms with Crippen LogP contribution in [0.2, 0.25) is 0 Å². The Morgan fingerprint density at radius 1 is 1.05 bits per heavy atom.